The predicted octanol–water partition coefficient (Wildman–Crippen LogP) is 1.88. The van der Waals surface area contributed by atoms with E-state index in [-0.39, 0.29) is 5.92 Å². The van der Waals surface area contributed by atoms with Crippen LogP contribution in [0.4, 0.5) is 0 Å². The summed E-state index contributed by atoms with van der Waals surface area (Å²) in [4.78, 5) is 14.5. The molecule has 98 valence electrons. The molecule has 0 aromatic rings. The summed E-state index contributed by atoms with van der Waals surface area (Å²) in [5.74, 6) is 1.84. The molecule has 17 heavy (non-hydrogen) atoms. The van der Waals surface area contributed by atoms with E-state index in [1.54, 1.807) is 0 Å². The Kier molecular flexibility index (Phi) is 4.08. The molecular weight excluding hydrogens is 212 g/mol. The normalized spacial score (nSPS) is 38.1. The second-order valence-corrected chi connectivity index (χ2v) is 6.12. The molecule has 0 aromatic heterocycles. The zero-order chi connectivity index (χ0) is 12.4. The van der Waals surface area contributed by atoms with Crippen LogP contribution in [0.3, 0.4) is 0 Å². The maximum atomic E-state index is 12.4. The minimum atomic E-state index is 0.206. The van der Waals surface area contributed by atoms with Crippen molar-refractivity contribution in [2.75, 3.05) is 20.1 Å². The average Bonchev–Trinajstić information content (AvgIpc) is 2.73. The quantitative estimate of drug-likeness (QED) is 0.796. The number of carbonyl (C=O) groups is 1. The van der Waals surface area contributed by atoms with E-state index in [1.165, 1.54) is 25.7 Å². The van der Waals surface area contributed by atoms with Gasteiger partial charge in [-0.2, -0.15) is 0 Å². The van der Waals surface area contributed by atoms with Crippen molar-refractivity contribution in [3.63, 3.8) is 0 Å². The lowest BCUT2D eigenvalue weighted by Gasteiger charge is -2.36. The van der Waals surface area contributed by atoms with Crippen molar-refractivity contribution in [1.82, 2.24) is 10.2 Å². The first-order valence-corrected chi connectivity index (χ1v) is 7.07. The lowest BCUT2D eigenvalue weighted by Crippen LogP contribution is -2.44. The van der Waals surface area contributed by atoms with E-state index in [0.717, 1.165) is 19.0 Å². The molecule has 1 N–H and O–H groups in total. The molecule has 2 fully saturated rings. The van der Waals surface area contributed by atoms with Crippen LogP contribution in [0.15, 0.2) is 0 Å². The lowest BCUT2D eigenvalue weighted by atomic mass is 9.85. The van der Waals surface area contributed by atoms with Crippen LogP contribution in [0.2, 0.25) is 0 Å². The lowest BCUT2D eigenvalue weighted by molar-refractivity contribution is -0.137. The number of hydrogen-bond acceptors (Lipinski definition) is 2. The summed E-state index contributed by atoms with van der Waals surface area (Å²) < 4.78 is 0. The van der Waals surface area contributed by atoms with Gasteiger partial charge in [0.1, 0.15) is 0 Å². The van der Waals surface area contributed by atoms with Gasteiger partial charge in [0.2, 0.25) is 5.91 Å². The fourth-order valence-electron chi connectivity index (χ4n) is 3.34. The van der Waals surface area contributed by atoms with Gasteiger partial charge in [0.15, 0.2) is 0 Å². The number of rotatable bonds is 2. The van der Waals surface area contributed by atoms with Crippen LogP contribution >= 0.6 is 0 Å². The Labute approximate surface area is 105 Å². The van der Waals surface area contributed by atoms with Gasteiger partial charge in [0.05, 0.1) is 5.92 Å². The standard InChI is InChI=1S/C14H26N2O/c1-10-5-4-6-12(7-10)16(3)14(17)13-9-15-8-11(13)2/h10-13,15H,4-9H2,1-3H3. The molecule has 1 aliphatic carbocycles. The second-order valence-electron chi connectivity index (χ2n) is 6.12. The van der Waals surface area contributed by atoms with Crippen LogP contribution in [0, 0.1) is 17.8 Å². The average molecular weight is 238 g/mol. The Morgan fingerprint density at radius 3 is 2.59 bits per heavy atom. The van der Waals surface area contributed by atoms with Gasteiger partial charge in [-0.05, 0) is 31.2 Å². The SMILES string of the molecule is CC1CCCC(N(C)C(=O)C2CNCC2C)C1. The smallest absolute Gasteiger partial charge is 0.227 e. The third-order valence-electron chi connectivity index (χ3n) is 4.64. The maximum Gasteiger partial charge on any atom is 0.227 e. The van der Waals surface area contributed by atoms with Crippen LogP contribution in [-0.4, -0.2) is 37.0 Å². The molecule has 0 spiro atoms. The molecule has 1 saturated heterocycles. The number of amides is 1. The van der Waals surface area contributed by atoms with Crippen LogP contribution in [-0.2, 0) is 4.79 Å². The van der Waals surface area contributed by atoms with Gasteiger partial charge >= 0.3 is 0 Å². The van der Waals surface area contributed by atoms with Gasteiger partial charge in [-0.25, -0.2) is 0 Å². The first-order valence-electron chi connectivity index (χ1n) is 7.07. The first kappa shape index (κ1) is 12.9. The Bertz CT molecular complexity index is 279. The highest BCUT2D eigenvalue weighted by Gasteiger charge is 2.34. The summed E-state index contributed by atoms with van der Waals surface area (Å²) in [5.41, 5.74) is 0. The molecule has 1 saturated carbocycles. The van der Waals surface area contributed by atoms with Crippen LogP contribution in [0.1, 0.15) is 39.5 Å². The summed E-state index contributed by atoms with van der Waals surface area (Å²) in [6, 6.07) is 0.485. The summed E-state index contributed by atoms with van der Waals surface area (Å²) >= 11 is 0. The summed E-state index contributed by atoms with van der Waals surface area (Å²) in [5, 5.41) is 3.32. The van der Waals surface area contributed by atoms with Gasteiger partial charge in [-0.15, -0.1) is 0 Å². The molecule has 1 aliphatic heterocycles. The maximum absolute atomic E-state index is 12.4. The Hall–Kier alpha value is -0.570. The van der Waals surface area contributed by atoms with E-state index in [4.69, 9.17) is 0 Å². The van der Waals surface area contributed by atoms with Crippen molar-refractivity contribution < 1.29 is 4.79 Å². The van der Waals surface area contributed by atoms with Crippen LogP contribution < -0.4 is 5.32 Å². The molecule has 1 amide bonds. The van der Waals surface area contributed by atoms with E-state index in [9.17, 15) is 4.79 Å². The largest absolute Gasteiger partial charge is 0.342 e. The van der Waals surface area contributed by atoms with Gasteiger partial charge in [0.25, 0.3) is 0 Å². The Morgan fingerprint density at radius 1 is 1.24 bits per heavy atom. The minimum Gasteiger partial charge on any atom is -0.342 e. The van der Waals surface area contributed by atoms with Gasteiger partial charge < -0.3 is 10.2 Å². The minimum absolute atomic E-state index is 0.206. The highest BCUT2D eigenvalue weighted by atomic mass is 16.2. The van der Waals surface area contributed by atoms with E-state index in [0.29, 0.717) is 17.9 Å². The molecule has 0 bridgehead atoms. The van der Waals surface area contributed by atoms with Crippen molar-refractivity contribution in [3.05, 3.63) is 0 Å². The number of carbonyl (C=O) groups excluding carboxylic acids is 1. The van der Waals surface area contributed by atoms with E-state index in [2.05, 4.69) is 19.2 Å². The monoisotopic (exact) mass is 238 g/mol. The fourth-order valence-corrected chi connectivity index (χ4v) is 3.34. The second kappa shape index (κ2) is 5.38. The molecule has 4 atom stereocenters. The zero-order valence-corrected chi connectivity index (χ0v) is 11.4. The molecule has 0 radical (unpaired) electrons. The van der Waals surface area contributed by atoms with Crippen LogP contribution in [0.25, 0.3) is 0 Å². The van der Waals surface area contributed by atoms with Crippen molar-refractivity contribution in [3.8, 4) is 0 Å². The van der Waals surface area contributed by atoms with Crippen molar-refractivity contribution in [2.24, 2.45) is 17.8 Å². The molecule has 3 nitrogen and oxygen atoms in total. The Morgan fingerprint density at radius 2 is 2.00 bits per heavy atom. The molecular formula is C14H26N2O. The third-order valence-corrected chi connectivity index (χ3v) is 4.64. The predicted molar refractivity (Wildman–Crippen MR) is 69.7 cm³/mol. The molecule has 2 rings (SSSR count). The van der Waals surface area contributed by atoms with E-state index >= 15 is 0 Å². The van der Waals surface area contributed by atoms with Crippen molar-refractivity contribution >= 4 is 5.91 Å². The summed E-state index contributed by atoms with van der Waals surface area (Å²) in [7, 11) is 2.01. The van der Waals surface area contributed by atoms with Crippen LogP contribution in [0.5, 0.6) is 0 Å². The molecule has 0 aromatic carbocycles. The van der Waals surface area contributed by atoms with E-state index < -0.39 is 0 Å². The fraction of sp³-hybridized carbons (Fsp3) is 0.929. The van der Waals surface area contributed by atoms with Gasteiger partial charge in [-0.1, -0.05) is 26.7 Å². The molecule has 1 heterocycles. The number of nitrogens with one attached hydrogen (secondary N) is 1. The summed E-state index contributed by atoms with van der Waals surface area (Å²) in [6.07, 6.45) is 5.00. The molecule has 2 aliphatic rings. The molecule has 4 unspecified atom stereocenters. The van der Waals surface area contributed by atoms with Crippen molar-refractivity contribution in [1.29, 1.82) is 0 Å². The van der Waals surface area contributed by atoms with Gasteiger partial charge in [0, 0.05) is 19.6 Å². The number of nitrogens with zero attached hydrogens (tertiary/aromatic N) is 1. The molecule has 3 heteroatoms. The highest BCUT2D eigenvalue weighted by molar-refractivity contribution is 5.79. The first-order chi connectivity index (χ1) is 8.09. The zero-order valence-electron chi connectivity index (χ0n) is 11.4. The Balaban J connectivity index is 1.94. The topological polar surface area (TPSA) is 32.3 Å². The third kappa shape index (κ3) is 2.82. The summed E-state index contributed by atoms with van der Waals surface area (Å²) in [6.45, 7) is 6.35. The van der Waals surface area contributed by atoms with Gasteiger partial charge in [-0.3, -0.25) is 4.79 Å². The number of hydrogen-bond donors (Lipinski definition) is 1. The van der Waals surface area contributed by atoms with E-state index in [1.807, 2.05) is 11.9 Å². The van der Waals surface area contributed by atoms with Crippen molar-refractivity contribution in [2.45, 2.75) is 45.6 Å². The highest BCUT2D eigenvalue weighted by Crippen LogP contribution is 2.28.